The fourth-order valence-corrected chi connectivity index (χ4v) is 1.09. The van der Waals surface area contributed by atoms with Crippen molar-refractivity contribution in [1.29, 1.82) is 5.26 Å². The molecule has 5 nitrogen and oxygen atoms in total. The van der Waals surface area contributed by atoms with Crippen molar-refractivity contribution in [3.05, 3.63) is 36.0 Å². The van der Waals surface area contributed by atoms with Gasteiger partial charge in [0.05, 0.1) is 14.2 Å². The molecule has 0 spiro atoms. The molecule has 0 fully saturated rings. The molecule has 17 heavy (non-hydrogen) atoms. The number of hydrogen-bond acceptors (Lipinski definition) is 5. The Morgan fingerprint density at radius 3 is 2.47 bits per heavy atom. The van der Waals surface area contributed by atoms with Gasteiger partial charge in [0, 0.05) is 11.9 Å². The Kier molecular flexibility index (Phi) is 4.58. The first-order valence-corrected chi connectivity index (χ1v) is 4.80. The van der Waals surface area contributed by atoms with Gasteiger partial charge in [0.1, 0.15) is 11.8 Å². The molecule has 0 aromatic heterocycles. The van der Waals surface area contributed by atoms with Crippen LogP contribution in [-0.2, 0) is 9.53 Å². The zero-order valence-electron chi connectivity index (χ0n) is 9.56. The minimum absolute atomic E-state index is 0.0941. The zero-order valence-corrected chi connectivity index (χ0v) is 9.56. The molecular weight excluding hydrogens is 220 g/mol. The van der Waals surface area contributed by atoms with Crippen molar-refractivity contribution in [2.24, 2.45) is 0 Å². The molecule has 1 aromatic rings. The van der Waals surface area contributed by atoms with Gasteiger partial charge in [-0.2, -0.15) is 5.26 Å². The van der Waals surface area contributed by atoms with Gasteiger partial charge in [0.25, 0.3) is 0 Å². The minimum atomic E-state index is -0.673. The molecule has 0 unspecified atom stereocenters. The number of rotatable bonds is 4. The molecule has 0 atom stereocenters. The van der Waals surface area contributed by atoms with E-state index in [-0.39, 0.29) is 5.57 Å². The lowest BCUT2D eigenvalue weighted by Gasteiger charge is -2.03. The van der Waals surface area contributed by atoms with E-state index >= 15 is 0 Å². The summed E-state index contributed by atoms with van der Waals surface area (Å²) in [7, 11) is 2.80. The topological polar surface area (TPSA) is 71.4 Å². The average Bonchev–Trinajstić information content (AvgIpc) is 2.39. The number of methoxy groups -OCH3 is 2. The highest BCUT2D eigenvalue weighted by molar-refractivity contribution is 5.92. The van der Waals surface area contributed by atoms with Crippen LogP contribution in [0.4, 0.5) is 5.69 Å². The fraction of sp³-hybridized carbons (Fsp3) is 0.167. The monoisotopic (exact) mass is 232 g/mol. The number of carbonyl (C=O) groups excluding carboxylic acids is 1. The Balaban J connectivity index is 2.74. The van der Waals surface area contributed by atoms with Crippen molar-refractivity contribution < 1.29 is 14.3 Å². The van der Waals surface area contributed by atoms with Gasteiger partial charge in [-0.1, -0.05) is 0 Å². The predicted molar refractivity (Wildman–Crippen MR) is 62.3 cm³/mol. The van der Waals surface area contributed by atoms with Gasteiger partial charge in [0.2, 0.25) is 0 Å². The van der Waals surface area contributed by atoms with Crippen molar-refractivity contribution in [3.8, 4) is 11.8 Å². The Hall–Kier alpha value is -2.48. The number of carbonyl (C=O) groups is 1. The summed E-state index contributed by atoms with van der Waals surface area (Å²) in [6.07, 6.45) is 1.30. The Morgan fingerprint density at radius 1 is 1.35 bits per heavy atom. The van der Waals surface area contributed by atoms with Crippen molar-refractivity contribution in [3.63, 3.8) is 0 Å². The molecule has 0 bridgehead atoms. The zero-order chi connectivity index (χ0) is 12.7. The molecule has 0 aliphatic heterocycles. The van der Waals surface area contributed by atoms with E-state index in [1.54, 1.807) is 37.4 Å². The highest BCUT2D eigenvalue weighted by atomic mass is 16.5. The van der Waals surface area contributed by atoms with Crippen LogP contribution in [0.1, 0.15) is 0 Å². The standard InChI is InChI=1S/C12H12N2O3/c1-16-11-5-3-10(4-6-11)14-8-9(7-13)12(15)17-2/h3-6,8,14H,1-2H3/b9-8+. The third kappa shape index (κ3) is 3.54. The summed E-state index contributed by atoms with van der Waals surface area (Å²) in [5, 5.41) is 11.5. The molecule has 1 rings (SSSR count). The third-order valence-electron chi connectivity index (χ3n) is 2.00. The van der Waals surface area contributed by atoms with Crippen molar-refractivity contribution >= 4 is 11.7 Å². The van der Waals surface area contributed by atoms with Crippen LogP contribution in [0, 0.1) is 11.3 Å². The highest BCUT2D eigenvalue weighted by Crippen LogP contribution is 2.15. The number of nitrogens with one attached hydrogen (secondary N) is 1. The molecule has 0 aliphatic rings. The van der Waals surface area contributed by atoms with Gasteiger partial charge in [-0.25, -0.2) is 4.79 Å². The van der Waals surface area contributed by atoms with Crippen LogP contribution in [-0.4, -0.2) is 20.2 Å². The van der Waals surface area contributed by atoms with Gasteiger partial charge >= 0.3 is 5.97 Å². The van der Waals surface area contributed by atoms with E-state index in [4.69, 9.17) is 10.00 Å². The molecule has 0 radical (unpaired) electrons. The molecule has 1 aromatic carbocycles. The first kappa shape index (κ1) is 12.6. The van der Waals surface area contributed by atoms with E-state index in [9.17, 15) is 4.79 Å². The van der Waals surface area contributed by atoms with E-state index in [0.717, 1.165) is 11.4 Å². The lowest BCUT2D eigenvalue weighted by molar-refractivity contribution is -0.135. The number of benzene rings is 1. The minimum Gasteiger partial charge on any atom is -0.497 e. The number of nitriles is 1. The SMILES string of the molecule is COC(=O)/C(C#N)=C/Nc1ccc(OC)cc1. The normalized spacial score (nSPS) is 10.3. The van der Waals surface area contributed by atoms with Crippen LogP contribution in [0.5, 0.6) is 5.75 Å². The predicted octanol–water partition coefficient (Wildman–Crippen LogP) is 1.69. The van der Waals surface area contributed by atoms with Crippen LogP contribution in [0.3, 0.4) is 0 Å². The summed E-state index contributed by atoms with van der Waals surface area (Å²) in [5.74, 6) is 0.0570. The highest BCUT2D eigenvalue weighted by Gasteiger charge is 2.07. The second kappa shape index (κ2) is 6.18. The number of anilines is 1. The fourth-order valence-electron chi connectivity index (χ4n) is 1.09. The van der Waals surface area contributed by atoms with E-state index < -0.39 is 5.97 Å². The summed E-state index contributed by atoms with van der Waals surface area (Å²) >= 11 is 0. The summed E-state index contributed by atoms with van der Waals surface area (Å²) < 4.78 is 9.44. The largest absolute Gasteiger partial charge is 0.497 e. The van der Waals surface area contributed by atoms with Crippen molar-refractivity contribution in [2.45, 2.75) is 0 Å². The number of hydrogen-bond donors (Lipinski definition) is 1. The van der Waals surface area contributed by atoms with Gasteiger partial charge in [-0.3, -0.25) is 0 Å². The maximum absolute atomic E-state index is 11.1. The second-order valence-corrected chi connectivity index (χ2v) is 3.03. The molecule has 0 amide bonds. The molecular formula is C12H12N2O3. The van der Waals surface area contributed by atoms with Crippen LogP contribution in [0.25, 0.3) is 0 Å². The van der Waals surface area contributed by atoms with E-state index in [1.807, 2.05) is 0 Å². The molecule has 0 aliphatic carbocycles. The summed E-state index contributed by atoms with van der Waals surface area (Å²) in [6, 6.07) is 8.80. The van der Waals surface area contributed by atoms with E-state index in [1.165, 1.54) is 13.3 Å². The smallest absolute Gasteiger partial charge is 0.350 e. The maximum Gasteiger partial charge on any atom is 0.350 e. The Morgan fingerprint density at radius 2 is 2.00 bits per heavy atom. The first-order valence-electron chi connectivity index (χ1n) is 4.80. The second-order valence-electron chi connectivity index (χ2n) is 3.03. The number of ether oxygens (including phenoxy) is 2. The molecule has 0 saturated heterocycles. The van der Waals surface area contributed by atoms with Gasteiger partial charge in [0.15, 0.2) is 5.57 Å². The Bertz CT molecular complexity index is 458. The quantitative estimate of drug-likeness (QED) is 0.486. The third-order valence-corrected chi connectivity index (χ3v) is 2.00. The summed E-state index contributed by atoms with van der Waals surface area (Å²) in [6.45, 7) is 0. The van der Waals surface area contributed by atoms with Crippen LogP contribution in [0.15, 0.2) is 36.0 Å². The molecule has 1 N–H and O–H groups in total. The molecule has 0 heterocycles. The van der Waals surface area contributed by atoms with Gasteiger partial charge in [-0.05, 0) is 24.3 Å². The lowest BCUT2D eigenvalue weighted by Crippen LogP contribution is -2.05. The van der Waals surface area contributed by atoms with Crippen LogP contribution < -0.4 is 10.1 Å². The molecule has 5 heteroatoms. The summed E-state index contributed by atoms with van der Waals surface area (Å²) in [4.78, 5) is 11.1. The average molecular weight is 232 g/mol. The first-order chi connectivity index (χ1) is 8.21. The maximum atomic E-state index is 11.1. The van der Waals surface area contributed by atoms with Crippen molar-refractivity contribution in [1.82, 2.24) is 0 Å². The number of esters is 1. The van der Waals surface area contributed by atoms with Crippen LogP contribution >= 0.6 is 0 Å². The molecule has 88 valence electrons. The van der Waals surface area contributed by atoms with Crippen LogP contribution in [0.2, 0.25) is 0 Å². The van der Waals surface area contributed by atoms with Crippen molar-refractivity contribution in [2.75, 3.05) is 19.5 Å². The van der Waals surface area contributed by atoms with E-state index in [0.29, 0.717) is 0 Å². The summed E-state index contributed by atoms with van der Waals surface area (Å²) in [5.41, 5.74) is 0.644. The Labute approximate surface area is 99.3 Å². The number of nitrogens with zero attached hydrogens (tertiary/aromatic N) is 1. The molecule has 0 saturated carbocycles. The van der Waals surface area contributed by atoms with Gasteiger partial charge < -0.3 is 14.8 Å². The van der Waals surface area contributed by atoms with E-state index in [2.05, 4.69) is 10.1 Å². The van der Waals surface area contributed by atoms with Gasteiger partial charge in [-0.15, -0.1) is 0 Å². The lowest BCUT2D eigenvalue weighted by atomic mass is 10.3.